The number of alkyl halides is 1. The second-order valence-corrected chi connectivity index (χ2v) is 6.34. The molecule has 2 fully saturated rings. The maximum absolute atomic E-state index is 13.5. The number of carbonyl (C=O) groups is 1. The maximum atomic E-state index is 13.5. The fourth-order valence-corrected chi connectivity index (χ4v) is 3.44. The van der Waals surface area contributed by atoms with Crippen LogP contribution in [-0.2, 0) is 9.53 Å². The van der Waals surface area contributed by atoms with E-state index in [4.69, 9.17) is 10.5 Å². The molecule has 6 unspecified atom stereocenters. The van der Waals surface area contributed by atoms with Crippen molar-refractivity contribution in [2.24, 2.45) is 11.7 Å². The normalized spacial score (nSPS) is 39.8. The highest BCUT2D eigenvalue weighted by Crippen LogP contribution is 2.23. The number of hydrogen-bond donors (Lipinski definition) is 6. The van der Waals surface area contributed by atoms with Gasteiger partial charge >= 0.3 is 0 Å². The summed E-state index contributed by atoms with van der Waals surface area (Å²) < 4.78 is 19.0. The third-order valence-corrected chi connectivity index (χ3v) is 4.76. The summed E-state index contributed by atoms with van der Waals surface area (Å²) in [6.07, 6.45) is 0.419. The van der Waals surface area contributed by atoms with Gasteiger partial charge in [-0.1, -0.05) is 0 Å². The zero-order valence-corrected chi connectivity index (χ0v) is 13.9. The second kappa shape index (κ2) is 7.30. The molecular formula is C14H26FN7O2. The average molecular weight is 343 g/mol. The summed E-state index contributed by atoms with van der Waals surface area (Å²) in [4.78, 5) is 12.7. The monoisotopic (exact) mass is 343 g/mol. The Morgan fingerprint density at radius 2 is 2.33 bits per heavy atom. The first-order chi connectivity index (χ1) is 11.5. The number of carbonyl (C=O) groups excluding carboxylic acids is 1. The summed E-state index contributed by atoms with van der Waals surface area (Å²) in [5.74, 6) is -0.747. The van der Waals surface area contributed by atoms with Crippen LogP contribution in [0.2, 0.25) is 0 Å². The Morgan fingerprint density at radius 1 is 1.54 bits per heavy atom. The van der Waals surface area contributed by atoms with Crippen molar-refractivity contribution in [2.45, 2.75) is 37.2 Å². The molecule has 0 spiro atoms. The summed E-state index contributed by atoms with van der Waals surface area (Å²) in [6, 6.07) is 0. The van der Waals surface area contributed by atoms with Crippen molar-refractivity contribution in [3.8, 4) is 0 Å². The predicted octanol–water partition coefficient (Wildman–Crippen LogP) is -2.51. The number of nitrogens with zero attached hydrogens (tertiary/aromatic N) is 1. The maximum Gasteiger partial charge on any atom is 0.233 e. The highest BCUT2D eigenvalue weighted by Gasteiger charge is 2.47. The van der Waals surface area contributed by atoms with Gasteiger partial charge in [-0.25, -0.2) is 14.8 Å². The predicted molar refractivity (Wildman–Crippen MR) is 85.6 cm³/mol. The number of nitrogens with one attached hydrogen (secondary N) is 5. The van der Waals surface area contributed by atoms with Crippen LogP contribution in [0.15, 0.2) is 11.9 Å². The van der Waals surface area contributed by atoms with Crippen LogP contribution >= 0.6 is 0 Å². The molecule has 9 nitrogen and oxygen atoms in total. The Bertz CT molecular complexity index is 506. The number of amides is 1. The van der Waals surface area contributed by atoms with E-state index in [9.17, 15) is 9.18 Å². The smallest absolute Gasteiger partial charge is 0.233 e. The molecule has 0 bridgehead atoms. The molecule has 3 heterocycles. The molecular weight excluding hydrogens is 317 g/mol. The summed E-state index contributed by atoms with van der Waals surface area (Å²) in [5, 5.41) is 13.9. The van der Waals surface area contributed by atoms with Gasteiger partial charge in [0, 0.05) is 32.8 Å². The molecule has 6 atom stereocenters. The van der Waals surface area contributed by atoms with Crippen LogP contribution < -0.4 is 32.4 Å². The highest BCUT2D eigenvalue weighted by atomic mass is 19.1. The van der Waals surface area contributed by atoms with Gasteiger partial charge in [-0.15, -0.1) is 0 Å². The number of nitrogens with two attached hydrogens (primary N) is 1. The van der Waals surface area contributed by atoms with Gasteiger partial charge < -0.3 is 26.4 Å². The van der Waals surface area contributed by atoms with Gasteiger partial charge in [-0.05, 0) is 7.05 Å². The lowest BCUT2D eigenvalue weighted by atomic mass is 10.0. The minimum atomic E-state index is -0.982. The van der Waals surface area contributed by atoms with Crippen molar-refractivity contribution < 1.29 is 13.9 Å². The Hall–Kier alpha value is -1.30. The van der Waals surface area contributed by atoms with Crippen LogP contribution in [0.4, 0.5) is 4.39 Å². The molecule has 3 rings (SSSR count). The topological polar surface area (TPSA) is 116 Å². The van der Waals surface area contributed by atoms with Gasteiger partial charge in [0.25, 0.3) is 0 Å². The minimum absolute atomic E-state index is 0.0861. The highest BCUT2D eigenvalue weighted by molar-refractivity contribution is 5.82. The van der Waals surface area contributed by atoms with Gasteiger partial charge in [0.15, 0.2) is 0 Å². The lowest BCUT2D eigenvalue weighted by Gasteiger charge is -2.34. The third-order valence-electron chi connectivity index (χ3n) is 4.76. The SMILES string of the molecule is CNC1CC(OC)C(NC(=O)C2C(N)NN3CC(F)CNC23)=CN1. The Kier molecular flexibility index (Phi) is 5.33. The molecule has 3 aliphatic rings. The quantitative estimate of drug-likeness (QED) is 0.332. The first-order valence-corrected chi connectivity index (χ1v) is 8.16. The average Bonchev–Trinajstić information content (AvgIpc) is 2.89. The number of rotatable bonds is 4. The number of hydrazine groups is 1. The molecule has 7 N–H and O–H groups in total. The molecule has 0 saturated carbocycles. The number of ether oxygens (including phenoxy) is 1. The minimum Gasteiger partial charge on any atom is -0.375 e. The van der Waals surface area contributed by atoms with Gasteiger partial charge in [-0.3, -0.25) is 10.1 Å². The molecule has 136 valence electrons. The zero-order valence-electron chi connectivity index (χ0n) is 13.9. The standard InChI is InChI=1S/C14H26FN7O2/c1-17-10-3-9(24-2)8(5-18-10)20-14(23)11-12(16)21-22-6-7(15)4-19-13(11)22/h5,7,9-13,17-19,21H,3-4,6,16H2,1-2H3,(H,20,23). The van der Waals surface area contributed by atoms with Crippen molar-refractivity contribution in [1.29, 1.82) is 0 Å². The lowest BCUT2D eigenvalue weighted by molar-refractivity contribution is -0.126. The molecule has 0 aliphatic carbocycles. The van der Waals surface area contributed by atoms with Crippen molar-refractivity contribution in [3.05, 3.63) is 11.9 Å². The zero-order chi connectivity index (χ0) is 17.3. The van der Waals surface area contributed by atoms with E-state index in [0.717, 1.165) is 0 Å². The van der Waals surface area contributed by atoms with E-state index < -0.39 is 18.3 Å². The fraction of sp³-hybridized carbons (Fsp3) is 0.786. The molecule has 2 saturated heterocycles. The number of hydrogen-bond acceptors (Lipinski definition) is 8. The Balaban J connectivity index is 1.67. The first kappa shape index (κ1) is 17.5. The van der Waals surface area contributed by atoms with E-state index in [1.165, 1.54) is 0 Å². The molecule has 0 aromatic heterocycles. The van der Waals surface area contributed by atoms with Crippen LogP contribution in [-0.4, -0.2) is 68.9 Å². The van der Waals surface area contributed by atoms with E-state index in [2.05, 4.69) is 26.7 Å². The van der Waals surface area contributed by atoms with Crippen molar-refractivity contribution in [3.63, 3.8) is 0 Å². The lowest BCUT2D eigenvalue weighted by Crippen LogP contribution is -2.59. The fourth-order valence-electron chi connectivity index (χ4n) is 3.44. The van der Waals surface area contributed by atoms with Crippen molar-refractivity contribution in [1.82, 2.24) is 31.7 Å². The summed E-state index contributed by atoms with van der Waals surface area (Å²) in [7, 11) is 3.46. The Labute approximate surface area is 140 Å². The van der Waals surface area contributed by atoms with E-state index in [1.54, 1.807) is 18.3 Å². The van der Waals surface area contributed by atoms with Crippen molar-refractivity contribution >= 4 is 5.91 Å². The van der Waals surface area contributed by atoms with Crippen LogP contribution in [0.3, 0.4) is 0 Å². The van der Waals surface area contributed by atoms with Crippen LogP contribution in [0.25, 0.3) is 0 Å². The Morgan fingerprint density at radius 3 is 3.04 bits per heavy atom. The van der Waals surface area contributed by atoms with Crippen molar-refractivity contribution in [2.75, 3.05) is 27.2 Å². The van der Waals surface area contributed by atoms with Gasteiger partial charge in [0.2, 0.25) is 5.91 Å². The van der Waals surface area contributed by atoms with Gasteiger partial charge in [-0.2, -0.15) is 0 Å². The first-order valence-electron chi connectivity index (χ1n) is 8.16. The summed E-state index contributed by atoms with van der Waals surface area (Å²) >= 11 is 0. The van der Waals surface area contributed by atoms with E-state index in [-0.39, 0.29) is 37.4 Å². The molecule has 0 aromatic rings. The van der Waals surface area contributed by atoms with E-state index in [1.807, 2.05) is 7.05 Å². The molecule has 10 heteroatoms. The summed E-state index contributed by atoms with van der Waals surface area (Å²) in [5.41, 5.74) is 9.68. The number of methoxy groups -OCH3 is 1. The van der Waals surface area contributed by atoms with Crippen LogP contribution in [0.1, 0.15) is 6.42 Å². The second-order valence-electron chi connectivity index (χ2n) is 6.34. The molecule has 3 aliphatic heterocycles. The van der Waals surface area contributed by atoms with E-state index >= 15 is 0 Å². The van der Waals surface area contributed by atoms with E-state index in [0.29, 0.717) is 12.1 Å². The molecule has 24 heavy (non-hydrogen) atoms. The largest absolute Gasteiger partial charge is 0.375 e. The van der Waals surface area contributed by atoms with Crippen LogP contribution in [0.5, 0.6) is 0 Å². The summed E-state index contributed by atoms with van der Waals surface area (Å²) in [6.45, 7) is 0.429. The van der Waals surface area contributed by atoms with Crippen LogP contribution in [0, 0.1) is 5.92 Å². The van der Waals surface area contributed by atoms with Gasteiger partial charge in [0.05, 0.1) is 30.1 Å². The number of halogens is 1. The number of fused-ring (bicyclic) bond motifs is 1. The van der Waals surface area contributed by atoms with Gasteiger partial charge in [0.1, 0.15) is 12.3 Å². The molecule has 0 aromatic carbocycles. The molecule has 0 radical (unpaired) electrons. The molecule has 1 amide bonds. The third kappa shape index (κ3) is 3.39.